The van der Waals surface area contributed by atoms with Crippen molar-refractivity contribution >= 4 is 54.8 Å². The zero-order valence-electron chi connectivity index (χ0n) is 25.7. The second kappa shape index (κ2) is 10.6. The molecule has 0 bridgehead atoms. The zero-order valence-corrected chi connectivity index (χ0v) is 25.7. The Kier molecular flexibility index (Phi) is 5.90. The molecule has 1 unspecified atom stereocenters. The van der Waals surface area contributed by atoms with Gasteiger partial charge < -0.3 is 8.83 Å². The van der Waals surface area contributed by atoms with Crippen molar-refractivity contribution < 1.29 is 8.83 Å². The minimum Gasteiger partial charge on any atom is -0.456 e. The van der Waals surface area contributed by atoms with Crippen LogP contribution in [0.25, 0.3) is 88.8 Å². The molecule has 0 saturated heterocycles. The molecular weight excluding hydrogens is 592 g/mol. The molecule has 0 aliphatic heterocycles. The summed E-state index contributed by atoms with van der Waals surface area (Å²) in [4.78, 5) is 20.7. The van der Waals surface area contributed by atoms with Crippen LogP contribution in [0.3, 0.4) is 0 Å². The number of pyridine rings is 1. The summed E-state index contributed by atoms with van der Waals surface area (Å²) in [5, 5.41) is 6.17. The summed E-state index contributed by atoms with van der Waals surface area (Å²) >= 11 is 0. The van der Waals surface area contributed by atoms with Gasteiger partial charge in [0.25, 0.3) is 0 Å². The molecule has 226 valence electrons. The van der Waals surface area contributed by atoms with Crippen LogP contribution in [0.4, 0.5) is 0 Å². The molecular formula is C42H26N4O2. The Morgan fingerprint density at radius 2 is 1.27 bits per heavy atom. The molecule has 1 aliphatic rings. The van der Waals surface area contributed by atoms with Crippen LogP contribution < -0.4 is 0 Å². The topological polar surface area (TPSA) is 77.8 Å². The molecule has 1 aliphatic carbocycles. The molecule has 1 atom stereocenters. The van der Waals surface area contributed by atoms with E-state index in [2.05, 4.69) is 91.0 Å². The van der Waals surface area contributed by atoms with Gasteiger partial charge in [0.05, 0.1) is 11.1 Å². The molecule has 9 aromatic rings. The molecule has 6 nitrogen and oxygen atoms in total. The van der Waals surface area contributed by atoms with Crippen molar-refractivity contribution in [2.45, 2.75) is 12.3 Å². The Labute approximate surface area is 274 Å². The lowest BCUT2D eigenvalue weighted by atomic mass is 9.99. The second-order valence-electron chi connectivity index (χ2n) is 12.2. The van der Waals surface area contributed by atoms with Gasteiger partial charge in [-0.2, -0.15) is 0 Å². The number of para-hydroxylation sites is 2. The van der Waals surface area contributed by atoms with E-state index >= 15 is 0 Å². The average molecular weight is 619 g/mol. The first-order valence-corrected chi connectivity index (χ1v) is 16.1. The number of fused-ring (bicyclic) bond motifs is 7. The van der Waals surface area contributed by atoms with Crippen molar-refractivity contribution in [2.75, 3.05) is 0 Å². The quantitative estimate of drug-likeness (QED) is 0.195. The molecule has 4 aromatic heterocycles. The monoisotopic (exact) mass is 618 g/mol. The van der Waals surface area contributed by atoms with E-state index in [1.807, 2.05) is 48.5 Å². The number of furan rings is 2. The minimum absolute atomic E-state index is 0.00850. The summed E-state index contributed by atoms with van der Waals surface area (Å²) < 4.78 is 12.7. The first kappa shape index (κ1) is 26.8. The van der Waals surface area contributed by atoms with Gasteiger partial charge in [-0.1, -0.05) is 109 Å². The third-order valence-corrected chi connectivity index (χ3v) is 9.24. The largest absolute Gasteiger partial charge is 0.456 e. The Bertz CT molecular complexity index is 2790. The van der Waals surface area contributed by atoms with Gasteiger partial charge in [0.1, 0.15) is 22.6 Å². The molecule has 4 heterocycles. The van der Waals surface area contributed by atoms with Gasteiger partial charge in [-0.25, -0.2) is 19.9 Å². The summed E-state index contributed by atoms with van der Waals surface area (Å²) in [7, 11) is 0. The van der Waals surface area contributed by atoms with Crippen molar-refractivity contribution in [3.05, 3.63) is 145 Å². The van der Waals surface area contributed by atoms with E-state index in [1.165, 1.54) is 5.39 Å². The van der Waals surface area contributed by atoms with E-state index in [0.29, 0.717) is 23.2 Å². The van der Waals surface area contributed by atoms with Crippen LogP contribution in [0.2, 0.25) is 0 Å². The maximum Gasteiger partial charge on any atom is 0.228 e. The standard InChI is InChI=1S/C42H26N4O2/c1-2-12-26(13-3-1)39-44-40(31-17-10-20-36-37(31)29-15-6-8-18-34(29)47-36)46-41(45-39)32-24-33(28-22-21-25-11-4-5-14-27(25)23-28)43-42-38(32)30-16-7-9-19-35(30)48-42/h1-12,14-24,26H,13H2. The highest BCUT2D eigenvalue weighted by Crippen LogP contribution is 2.40. The summed E-state index contributed by atoms with van der Waals surface area (Å²) in [5.74, 6) is 1.89. The number of benzene rings is 5. The molecule has 0 radical (unpaired) electrons. The average Bonchev–Trinajstić information content (AvgIpc) is 3.73. The number of nitrogens with zero attached hydrogens (tertiary/aromatic N) is 4. The normalized spacial score (nSPS) is 14.6. The van der Waals surface area contributed by atoms with Gasteiger partial charge >= 0.3 is 0 Å². The van der Waals surface area contributed by atoms with Gasteiger partial charge in [-0.05, 0) is 47.5 Å². The highest BCUT2D eigenvalue weighted by atomic mass is 16.3. The Morgan fingerprint density at radius 1 is 0.542 bits per heavy atom. The maximum atomic E-state index is 6.41. The number of rotatable bonds is 4. The molecule has 5 aromatic carbocycles. The Morgan fingerprint density at radius 3 is 2.10 bits per heavy atom. The highest BCUT2D eigenvalue weighted by molar-refractivity contribution is 6.13. The van der Waals surface area contributed by atoms with E-state index in [0.717, 1.165) is 72.5 Å². The van der Waals surface area contributed by atoms with E-state index in [4.69, 9.17) is 28.8 Å². The number of hydrogen-bond donors (Lipinski definition) is 0. The molecule has 0 N–H and O–H groups in total. The van der Waals surface area contributed by atoms with Crippen LogP contribution >= 0.6 is 0 Å². The van der Waals surface area contributed by atoms with Crippen LogP contribution in [0.1, 0.15) is 18.2 Å². The Balaban J connectivity index is 1.27. The lowest BCUT2D eigenvalue weighted by molar-refractivity contribution is 0.654. The molecule has 6 heteroatoms. The first-order valence-electron chi connectivity index (χ1n) is 16.1. The number of allylic oxidation sites excluding steroid dienone is 4. The molecule has 0 saturated carbocycles. The highest BCUT2D eigenvalue weighted by Gasteiger charge is 2.23. The van der Waals surface area contributed by atoms with Crippen LogP contribution in [0.5, 0.6) is 0 Å². The zero-order chi connectivity index (χ0) is 31.6. The van der Waals surface area contributed by atoms with E-state index < -0.39 is 0 Å². The third kappa shape index (κ3) is 4.27. The van der Waals surface area contributed by atoms with Crippen LogP contribution in [-0.2, 0) is 0 Å². The fourth-order valence-corrected chi connectivity index (χ4v) is 6.93. The fraction of sp³-hybridized carbons (Fsp3) is 0.0476. The van der Waals surface area contributed by atoms with Gasteiger partial charge in [-0.3, -0.25) is 0 Å². The number of hydrogen-bond acceptors (Lipinski definition) is 6. The summed E-state index contributed by atoms with van der Waals surface area (Å²) in [5.41, 5.74) is 6.45. The molecule has 0 fully saturated rings. The first-order chi connectivity index (χ1) is 23.8. The summed E-state index contributed by atoms with van der Waals surface area (Å²) in [6.07, 6.45) is 9.25. The van der Waals surface area contributed by atoms with Gasteiger partial charge in [0.15, 0.2) is 11.6 Å². The van der Waals surface area contributed by atoms with Crippen molar-refractivity contribution in [1.29, 1.82) is 0 Å². The summed E-state index contributed by atoms with van der Waals surface area (Å²) in [6, 6.07) is 39.1. The fourth-order valence-electron chi connectivity index (χ4n) is 6.93. The maximum absolute atomic E-state index is 6.41. The number of aromatic nitrogens is 4. The van der Waals surface area contributed by atoms with E-state index in [-0.39, 0.29) is 5.92 Å². The molecule has 0 spiro atoms. The third-order valence-electron chi connectivity index (χ3n) is 9.24. The van der Waals surface area contributed by atoms with Crippen molar-refractivity contribution in [3.8, 4) is 34.0 Å². The minimum atomic E-state index is 0.00850. The predicted octanol–water partition coefficient (Wildman–Crippen LogP) is 10.8. The molecule has 48 heavy (non-hydrogen) atoms. The van der Waals surface area contributed by atoms with Crippen molar-refractivity contribution in [3.63, 3.8) is 0 Å². The molecule has 10 rings (SSSR count). The molecule has 0 amide bonds. The van der Waals surface area contributed by atoms with Crippen molar-refractivity contribution in [2.24, 2.45) is 0 Å². The van der Waals surface area contributed by atoms with Crippen LogP contribution in [0, 0.1) is 0 Å². The van der Waals surface area contributed by atoms with Gasteiger partial charge in [0.2, 0.25) is 5.71 Å². The summed E-state index contributed by atoms with van der Waals surface area (Å²) in [6.45, 7) is 0. The van der Waals surface area contributed by atoms with Crippen LogP contribution in [0.15, 0.2) is 148 Å². The smallest absolute Gasteiger partial charge is 0.228 e. The van der Waals surface area contributed by atoms with E-state index in [1.54, 1.807) is 0 Å². The van der Waals surface area contributed by atoms with Gasteiger partial charge in [0, 0.05) is 38.8 Å². The predicted molar refractivity (Wildman–Crippen MR) is 192 cm³/mol. The SMILES string of the molecule is C1=CCC(c2nc(-c3cccc4oc5ccccc5c34)nc(-c3cc(-c4ccc5ccccc5c4)nc4oc5ccccc5c34)n2)C=C1. The Hall–Kier alpha value is -6.40. The second-order valence-corrected chi connectivity index (χ2v) is 12.2. The van der Waals surface area contributed by atoms with Crippen molar-refractivity contribution in [1.82, 2.24) is 19.9 Å². The lowest BCUT2D eigenvalue weighted by Crippen LogP contribution is -2.08. The van der Waals surface area contributed by atoms with Crippen LogP contribution in [-0.4, -0.2) is 19.9 Å². The lowest BCUT2D eigenvalue weighted by Gasteiger charge is -2.15. The van der Waals surface area contributed by atoms with Gasteiger partial charge in [-0.15, -0.1) is 0 Å². The van der Waals surface area contributed by atoms with E-state index in [9.17, 15) is 0 Å².